The maximum atomic E-state index is 15.2. The average molecular weight is 536 g/mol. The number of nitrogens with two attached hydrogens (primary N) is 1. The van der Waals surface area contributed by atoms with Gasteiger partial charge in [-0.1, -0.05) is 0 Å². The summed E-state index contributed by atoms with van der Waals surface area (Å²) in [6.45, 7) is 7.17. The molecule has 3 fully saturated rings. The van der Waals surface area contributed by atoms with Crippen LogP contribution in [0.4, 0.5) is 15.0 Å². The van der Waals surface area contributed by atoms with Crippen LogP contribution in [0.3, 0.4) is 0 Å². The van der Waals surface area contributed by atoms with Gasteiger partial charge in [0.2, 0.25) is 0 Å². The van der Waals surface area contributed by atoms with Crippen molar-refractivity contribution in [3.8, 4) is 11.4 Å². The highest BCUT2D eigenvalue weighted by Crippen LogP contribution is 2.43. The SMILES string of the molecule is NC(=O)N1CCC2(CC1)CN(Cc1cc3nc(-c4c(F)ccc5[nH]ccc45)nc(N4CCOCC4)c3s1)C2. The number of hydrogen-bond donors (Lipinski definition) is 2. The van der Waals surface area contributed by atoms with Crippen molar-refractivity contribution in [3.63, 3.8) is 0 Å². The molecule has 0 saturated carbocycles. The van der Waals surface area contributed by atoms with Crippen molar-refractivity contribution in [1.29, 1.82) is 0 Å². The topological polar surface area (TPSA) is 104 Å². The lowest BCUT2D eigenvalue weighted by Gasteiger charge is -2.53. The molecule has 3 saturated heterocycles. The van der Waals surface area contributed by atoms with Gasteiger partial charge in [0.05, 0.1) is 29.0 Å². The highest BCUT2D eigenvalue weighted by molar-refractivity contribution is 7.19. The molecule has 4 aromatic rings. The van der Waals surface area contributed by atoms with Gasteiger partial charge in [0.1, 0.15) is 5.82 Å². The molecule has 2 amide bonds. The van der Waals surface area contributed by atoms with Crippen LogP contribution in [0.5, 0.6) is 0 Å². The number of aromatic amines is 1. The first-order chi connectivity index (χ1) is 18.5. The van der Waals surface area contributed by atoms with Crippen LogP contribution in [0.2, 0.25) is 0 Å². The summed E-state index contributed by atoms with van der Waals surface area (Å²) in [4.78, 5) is 32.2. The van der Waals surface area contributed by atoms with E-state index in [2.05, 4.69) is 20.9 Å². The van der Waals surface area contributed by atoms with Crippen molar-refractivity contribution in [2.24, 2.45) is 11.1 Å². The second-order valence-corrected chi connectivity index (χ2v) is 11.9. The monoisotopic (exact) mass is 535 g/mol. The number of amides is 2. The van der Waals surface area contributed by atoms with Crippen LogP contribution in [-0.2, 0) is 11.3 Å². The molecular formula is C27H30FN7O2S. The maximum absolute atomic E-state index is 15.2. The molecule has 0 bridgehead atoms. The van der Waals surface area contributed by atoms with Gasteiger partial charge >= 0.3 is 6.03 Å². The fourth-order valence-corrected chi connectivity index (χ4v) is 7.38. The Morgan fingerprint density at radius 3 is 2.68 bits per heavy atom. The van der Waals surface area contributed by atoms with E-state index < -0.39 is 0 Å². The zero-order valence-electron chi connectivity index (χ0n) is 21.1. The largest absolute Gasteiger partial charge is 0.378 e. The Balaban J connectivity index is 1.19. The molecule has 3 aromatic heterocycles. The number of anilines is 1. The molecule has 6 heterocycles. The van der Waals surface area contributed by atoms with Crippen molar-refractivity contribution >= 4 is 44.3 Å². The van der Waals surface area contributed by atoms with Crippen molar-refractivity contribution in [1.82, 2.24) is 24.8 Å². The number of H-pyrrole nitrogens is 1. The summed E-state index contributed by atoms with van der Waals surface area (Å²) in [5.41, 5.74) is 7.90. The summed E-state index contributed by atoms with van der Waals surface area (Å²) >= 11 is 1.73. The lowest BCUT2D eigenvalue weighted by Crippen LogP contribution is -2.60. The fraction of sp³-hybridized carbons (Fsp3) is 0.444. The highest BCUT2D eigenvalue weighted by atomic mass is 32.1. The second-order valence-electron chi connectivity index (χ2n) is 10.7. The molecule has 7 rings (SSSR count). The zero-order valence-corrected chi connectivity index (χ0v) is 21.9. The Labute approximate surface area is 223 Å². The summed E-state index contributed by atoms with van der Waals surface area (Å²) in [5, 5.41) is 0.779. The molecule has 3 aliphatic rings. The minimum Gasteiger partial charge on any atom is -0.378 e. The van der Waals surface area contributed by atoms with Crippen molar-refractivity contribution in [2.45, 2.75) is 19.4 Å². The number of benzene rings is 1. The molecule has 1 spiro atoms. The highest BCUT2D eigenvalue weighted by Gasteiger charge is 2.45. The number of thiophene rings is 1. The molecule has 198 valence electrons. The summed E-state index contributed by atoms with van der Waals surface area (Å²) in [6.07, 6.45) is 3.82. The third kappa shape index (κ3) is 4.09. The van der Waals surface area contributed by atoms with Crippen LogP contribution in [-0.4, -0.2) is 83.3 Å². The molecule has 1 aromatic carbocycles. The number of urea groups is 1. The van der Waals surface area contributed by atoms with E-state index in [0.29, 0.717) is 30.0 Å². The zero-order chi connectivity index (χ0) is 25.9. The predicted octanol–water partition coefficient (Wildman–Crippen LogP) is 3.79. The van der Waals surface area contributed by atoms with Gasteiger partial charge in [-0.15, -0.1) is 11.3 Å². The fourth-order valence-electron chi connectivity index (χ4n) is 6.23. The maximum Gasteiger partial charge on any atom is 0.314 e. The molecule has 38 heavy (non-hydrogen) atoms. The molecule has 0 atom stereocenters. The van der Waals surface area contributed by atoms with E-state index in [1.165, 1.54) is 10.9 Å². The van der Waals surface area contributed by atoms with Gasteiger partial charge < -0.3 is 25.3 Å². The third-order valence-electron chi connectivity index (χ3n) is 8.26. The number of likely N-dealkylation sites (tertiary alicyclic amines) is 2. The Bertz CT molecular complexity index is 1510. The van der Waals surface area contributed by atoms with E-state index in [-0.39, 0.29) is 11.8 Å². The first kappa shape index (κ1) is 23.8. The Morgan fingerprint density at radius 1 is 1.13 bits per heavy atom. The van der Waals surface area contributed by atoms with Gasteiger partial charge in [-0.05, 0) is 42.5 Å². The van der Waals surface area contributed by atoms with Gasteiger partial charge in [-0.25, -0.2) is 19.2 Å². The Hall–Kier alpha value is -3.28. The number of hydrogen-bond acceptors (Lipinski definition) is 7. The minimum atomic E-state index is -0.326. The van der Waals surface area contributed by atoms with Crippen LogP contribution < -0.4 is 10.6 Å². The number of morpholine rings is 1. The van der Waals surface area contributed by atoms with Crippen molar-refractivity contribution in [2.75, 3.05) is 57.4 Å². The number of halogens is 1. The van der Waals surface area contributed by atoms with E-state index in [1.54, 1.807) is 22.3 Å². The number of nitrogens with zero attached hydrogens (tertiary/aromatic N) is 5. The number of carbonyl (C=O) groups excluding carboxylic acids is 1. The number of fused-ring (bicyclic) bond motifs is 2. The predicted molar refractivity (Wildman–Crippen MR) is 146 cm³/mol. The summed E-state index contributed by atoms with van der Waals surface area (Å²) in [6, 6.07) is 6.93. The Kier molecular flexibility index (Phi) is 5.75. The number of primary amides is 1. The van der Waals surface area contributed by atoms with E-state index in [1.807, 2.05) is 12.3 Å². The van der Waals surface area contributed by atoms with Gasteiger partial charge in [0.25, 0.3) is 0 Å². The first-order valence-electron chi connectivity index (χ1n) is 13.1. The van der Waals surface area contributed by atoms with Crippen LogP contribution in [0.15, 0.2) is 30.5 Å². The number of nitrogens with one attached hydrogen (secondary N) is 1. The van der Waals surface area contributed by atoms with Crippen molar-refractivity contribution in [3.05, 3.63) is 41.2 Å². The number of aromatic nitrogens is 3. The molecule has 9 nitrogen and oxygen atoms in total. The Morgan fingerprint density at radius 2 is 1.92 bits per heavy atom. The van der Waals surface area contributed by atoms with Crippen LogP contribution in [0, 0.1) is 11.2 Å². The summed E-state index contributed by atoms with van der Waals surface area (Å²) in [5.74, 6) is 0.943. The van der Waals surface area contributed by atoms with Crippen LogP contribution in [0.1, 0.15) is 17.7 Å². The molecular weight excluding hydrogens is 505 g/mol. The van der Waals surface area contributed by atoms with Gasteiger partial charge in [0, 0.05) is 67.8 Å². The summed E-state index contributed by atoms with van der Waals surface area (Å²) < 4.78 is 21.8. The first-order valence-corrected chi connectivity index (χ1v) is 14.0. The van der Waals surface area contributed by atoms with Crippen LogP contribution >= 0.6 is 11.3 Å². The van der Waals surface area contributed by atoms with E-state index in [9.17, 15) is 4.79 Å². The lowest BCUT2D eigenvalue weighted by molar-refractivity contribution is -0.0432. The van der Waals surface area contributed by atoms with E-state index >= 15 is 4.39 Å². The number of ether oxygens (including phenoxy) is 1. The molecule has 0 aliphatic carbocycles. The van der Waals surface area contributed by atoms with Gasteiger partial charge in [0.15, 0.2) is 11.6 Å². The average Bonchev–Trinajstić information content (AvgIpc) is 3.54. The standard InChI is InChI=1S/C27H30FN7O2S/c28-19-1-2-20-18(3-6-30-20)22(19)24-31-21-13-17(38-23(21)25(32-24)34-9-11-37-12-10-34)14-33-15-27(16-33)4-7-35(8-5-27)26(29)36/h1-3,6,13,30H,4-5,7-12,14-16H2,(H2,29,36). The summed E-state index contributed by atoms with van der Waals surface area (Å²) in [7, 11) is 0. The third-order valence-corrected chi connectivity index (χ3v) is 9.36. The van der Waals surface area contributed by atoms with Crippen LogP contribution in [0.25, 0.3) is 32.5 Å². The normalized spacial score (nSPS) is 19.9. The van der Waals surface area contributed by atoms with E-state index in [4.69, 9.17) is 20.4 Å². The second kappa shape index (κ2) is 9.18. The van der Waals surface area contributed by atoms with E-state index in [0.717, 1.165) is 85.6 Å². The number of rotatable bonds is 4. The smallest absolute Gasteiger partial charge is 0.314 e. The quantitative estimate of drug-likeness (QED) is 0.412. The number of carbonyl (C=O) groups is 1. The number of piperidine rings is 1. The van der Waals surface area contributed by atoms with Gasteiger partial charge in [-0.3, -0.25) is 4.90 Å². The van der Waals surface area contributed by atoms with Gasteiger partial charge in [-0.2, -0.15) is 0 Å². The molecule has 0 radical (unpaired) electrons. The lowest BCUT2D eigenvalue weighted by atomic mass is 9.72. The molecule has 3 aliphatic heterocycles. The van der Waals surface area contributed by atoms with Crippen molar-refractivity contribution < 1.29 is 13.9 Å². The molecule has 3 N–H and O–H groups in total. The molecule has 0 unspecified atom stereocenters. The minimum absolute atomic E-state index is 0.293. The molecule has 11 heteroatoms.